The molecule has 0 N–H and O–H groups in total. The van der Waals surface area contributed by atoms with Gasteiger partial charge in [0.1, 0.15) is 6.10 Å². The second kappa shape index (κ2) is 22.2. The molecule has 0 amide bonds. The fourth-order valence-electron chi connectivity index (χ4n) is 6.61. The van der Waals surface area contributed by atoms with Gasteiger partial charge in [-0.25, -0.2) is 0 Å². The Morgan fingerprint density at radius 2 is 1.08 bits per heavy atom. The molecule has 3 heteroatoms. The maximum Gasteiger partial charge on any atom is 0.309 e. The molecule has 0 aromatic carbocycles. The Morgan fingerprint density at radius 3 is 1.55 bits per heavy atom. The Bertz CT molecular complexity index is 556. The first-order valence-corrected chi connectivity index (χ1v) is 17.5. The van der Waals surface area contributed by atoms with Crippen LogP contribution in [-0.2, 0) is 9.53 Å². The van der Waals surface area contributed by atoms with Crippen LogP contribution in [0.4, 0.5) is 0 Å². The molecular weight excluding hydrogens is 466 g/mol. The summed E-state index contributed by atoms with van der Waals surface area (Å²) < 4.78 is 6.15. The summed E-state index contributed by atoms with van der Waals surface area (Å²) in [6.07, 6.45) is 33.5. The van der Waals surface area contributed by atoms with Crippen molar-refractivity contribution in [1.29, 1.82) is 0 Å². The lowest BCUT2D eigenvalue weighted by atomic mass is 9.97. The zero-order chi connectivity index (χ0) is 27.3. The number of piperidine rings is 1. The van der Waals surface area contributed by atoms with Crippen LogP contribution in [0.25, 0.3) is 0 Å². The minimum atomic E-state index is 0.103. The number of likely N-dealkylation sites (tertiary alicyclic amines) is 1. The van der Waals surface area contributed by atoms with Crippen LogP contribution < -0.4 is 0 Å². The summed E-state index contributed by atoms with van der Waals surface area (Å²) in [6.45, 7) is 6.65. The van der Waals surface area contributed by atoms with Gasteiger partial charge in [-0.05, 0) is 76.9 Å². The van der Waals surface area contributed by atoms with Crippen molar-refractivity contribution in [3.63, 3.8) is 0 Å². The third kappa shape index (κ3) is 16.5. The first kappa shape index (κ1) is 33.6. The van der Waals surface area contributed by atoms with Crippen LogP contribution >= 0.6 is 0 Å². The van der Waals surface area contributed by atoms with E-state index >= 15 is 0 Å². The average molecular weight is 534 g/mol. The smallest absolute Gasteiger partial charge is 0.309 e. The molecule has 2 rings (SSSR count). The van der Waals surface area contributed by atoms with Crippen molar-refractivity contribution in [1.82, 2.24) is 4.90 Å². The maximum absolute atomic E-state index is 12.9. The molecule has 1 saturated heterocycles. The predicted molar refractivity (Wildman–Crippen MR) is 165 cm³/mol. The van der Waals surface area contributed by atoms with E-state index < -0.39 is 0 Å². The molecule has 38 heavy (non-hydrogen) atoms. The SMILES string of the molecule is CCCCCCCCCC(CCCCCCCC1CC1CCCCCCCC)OC(=O)C1CCN(C)CC1. The lowest BCUT2D eigenvalue weighted by molar-refractivity contribution is -0.156. The van der Waals surface area contributed by atoms with E-state index in [1.165, 1.54) is 135 Å². The van der Waals surface area contributed by atoms with Crippen molar-refractivity contribution in [2.45, 2.75) is 180 Å². The molecule has 1 aliphatic carbocycles. The van der Waals surface area contributed by atoms with Gasteiger partial charge in [-0.2, -0.15) is 0 Å². The number of hydrogen-bond acceptors (Lipinski definition) is 3. The van der Waals surface area contributed by atoms with Crippen LogP contribution in [0, 0.1) is 17.8 Å². The number of ether oxygens (including phenoxy) is 1. The highest BCUT2D eigenvalue weighted by molar-refractivity contribution is 5.72. The molecule has 0 spiro atoms. The van der Waals surface area contributed by atoms with Gasteiger partial charge in [-0.15, -0.1) is 0 Å². The molecule has 0 radical (unpaired) electrons. The second-order valence-corrected chi connectivity index (χ2v) is 13.2. The molecule has 1 saturated carbocycles. The summed E-state index contributed by atoms with van der Waals surface area (Å²) in [5.41, 5.74) is 0. The Hall–Kier alpha value is -0.570. The van der Waals surface area contributed by atoms with E-state index in [4.69, 9.17) is 4.74 Å². The van der Waals surface area contributed by atoms with Gasteiger partial charge in [0.25, 0.3) is 0 Å². The second-order valence-electron chi connectivity index (χ2n) is 13.2. The van der Waals surface area contributed by atoms with Crippen molar-refractivity contribution in [2.75, 3.05) is 20.1 Å². The number of carbonyl (C=O) groups excluding carboxylic acids is 1. The highest BCUT2D eigenvalue weighted by Gasteiger charge is 2.35. The van der Waals surface area contributed by atoms with E-state index in [2.05, 4.69) is 25.8 Å². The number of rotatable bonds is 25. The van der Waals surface area contributed by atoms with Crippen molar-refractivity contribution in [2.24, 2.45) is 17.8 Å². The lowest BCUT2D eigenvalue weighted by Crippen LogP contribution is -2.35. The van der Waals surface area contributed by atoms with E-state index in [-0.39, 0.29) is 18.0 Å². The monoisotopic (exact) mass is 534 g/mol. The number of carbonyl (C=O) groups is 1. The van der Waals surface area contributed by atoms with Crippen LogP contribution in [0.1, 0.15) is 174 Å². The minimum absolute atomic E-state index is 0.103. The first-order valence-electron chi connectivity index (χ1n) is 17.5. The molecule has 0 aromatic rings. The van der Waals surface area contributed by atoms with Gasteiger partial charge in [-0.1, -0.05) is 129 Å². The summed E-state index contributed by atoms with van der Waals surface area (Å²) in [5.74, 6) is 2.38. The normalized spacial score (nSPS) is 21.0. The van der Waals surface area contributed by atoms with E-state index in [0.29, 0.717) is 0 Å². The Morgan fingerprint density at radius 1 is 0.658 bits per heavy atom. The van der Waals surface area contributed by atoms with Gasteiger partial charge in [0.15, 0.2) is 0 Å². The third-order valence-electron chi connectivity index (χ3n) is 9.56. The van der Waals surface area contributed by atoms with Crippen molar-refractivity contribution in [3.05, 3.63) is 0 Å². The van der Waals surface area contributed by atoms with Gasteiger partial charge in [-0.3, -0.25) is 4.79 Å². The Labute approximate surface area is 238 Å². The molecule has 224 valence electrons. The molecule has 1 heterocycles. The topological polar surface area (TPSA) is 29.5 Å². The van der Waals surface area contributed by atoms with Gasteiger partial charge in [0, 0.05) is 0 Å². The van der Waals surface area contributed by atoms with Gasteiger partial charge in [0.2, 0.25) is 0 Å². The minimum Gasteiger partial charge on any atom is -0.462 e. The molecule has 1 aliphatic heterocycles. The quantitative estimate of drug-likeness (QED) is 0.0863. The fourth-order valence-corrected chi connectivity index (χ4v) is 6.61. The van der Waals surface area contributed by atoms with Crippen LogP contribution in [0.5, 0.6) is 0 Å². The molecule has 3 nitrogen and oxygen atoms in total. The van der Waals surface area contributed by atoms with E-state index in [1.54, 1.807) is 0 Å². The van der Waals surface area contributed by atoms with Crippen LogP contribution in [0.15, 0.2) is 0 Å². The number of unbranched alkanes of at least 4 members (excludes halogenated alkanes) is 15. The molecule has 0 aromatic heterocycles. The summed E-state index contributed by atoms with van der Waals surface area (Å²) in [5, 5.41) is 0. The zero-order valence-corrected chi connectivity index (χ0v) is 26.2. The molecule has 3 unspecified atom stereocenters. The molecular formula is C35H67NO2. The van der Waals surface area contributed by atoms with E-state index in [9.17, 15) is 4.79 Å². The van der Waals surface area contributed by atoms with Crippen molar-refractivity contribution >= 4 is 5.97 Å². The van der Waals surface area contributed by atoms with Gasteiger partial charge >= 0.3 is 5.97 Å². The summed E-state index contributed by atoms with van der Waals surface area (Å²) in [6, 6.07) is 0. The number of nitrogens with zero attached hydrogens (tertiary/aromatic N) is 1. The summed E-state index contributed by atoms with van der Waals surface area (Å²) in [7, 11) is 2.16. The molecule has 0 bridgehead atoms. The lowest BCUT2D eigenvalue weighted by Gasteiger charge is -2.29. The van der Waals surface area contributed by atoms with Gasteiger partial charge < -0.3 is 9.64 Å². The summed E-state index contributed by atoms with van der Waals surface area (Å²) >= 11 is 0. The maximum atomic E-state index is 12.9. The zero-order valence-electron chi connectivity index (χ0n) is 26.2. The highest BCUT2D eigenvalue weighted by Crippen LogP contribution is 2.45. The largest absolute Gasteiger partial charge is 0.462 e. The van der Waals surface area contributed by atoms with E-state index in [0.717, 1.165) is 50.6 Å². The fraction of sp³-hybridized carbons (Fsp3) is 0.971. The van der Waals surface area contributed by atoms with Crippen molar-refractivity contribution in [3.8, 4) is 0 Å². The molecule has 3 atom stereocenters. The molecule has 2 aliphatic rings. The average Bonchev–Trinajstić information content (AvgIpc) is 3.67. The van der Waals surface area contributed by atoms with Crippen LogP contribution in [0.2, 0.25) is 0 Å². The van der Waals surface area contributed by atoms with Gasteiger partial charge in [0.05, 0.1) is 5.92 Å². The molecule has 2 fully saturated rings. The summed E-state index contributed by atoms with van der Waals surface area (Å²) in [4.78, 5) is 15.2. The first-order chi connectivity index (χ1) is 18.6. The van der Waals surface area contributed by atoms with Crippen molar-refractivity contribution < 1.29 is 9.53 Å². The Balaban J connectivity index is 1.52. The number of hydrogen-bond donors (Lipinski definition) is 0. The highest BCUT2D eigenvalue weighted by atomic mass is 16.5. The van der Waals surface area contributed by atoms with Crippen LogP contribution in [-0.4, -0.2) is 37.1 Å². The Kier molecular flexibility index (Phi) is 19.6. The van der Waals surface area contributed by atoms with Crippen LogP contribution in [0.3, 0.4) is 0 Å². The number of esters is 1. The standard InChI is InChI=1S/C35H67NO2/c1-4-6-8-10-12-16-20-24-34(38-35(37)31-26-28-36(3)29-27-31)25-21-17-13-15-19-23-33-30-32(33)22-18-14-11-9-7-5-2/h31-34H,4-30H2,1-3H3. The van der Waals surface area contributed by atoms with E-state index in [1.807, 2.05) is 0 Å². The third-order valence-corrected chi connectivity index (χ3v) is 9.56. The predicted octanol–water partition coefficient (Wildman–Crippen LogP) is 10.5.